The summed E-state index contributed by atoms with van der Waals surface area (Å²) < 4.78 is 0. The summed E-state index contributed by atoms with van der Waals surface area (Å²) in [6.45, 7) is 2.81. The number of carbonyl (C=O) groups excluding carboxylic acids is 2. The molecular weight excluding hydrogens is 208 g/mol. The van der Waals surface area contributed by atoms with Crippen LogP contribution in [0.3, 0.4) is 0 Å². The van der Waals surface area contributed by atoms with Gasteiger partial charge in [-0.05, 0) is 24.3 Å². The monoisotopic (exact) mass is 220 g/mol. The highest BCUT2D eigenvalue weighted by atomic mass is 16.6. The van der Waals surface area contributed by atoms with Crippen LogP contribution in [0.5, 0.6) is 5.75 Å². The average Bonchev–Trinajstić information content (AvgIpc) is 2.19. The second kappa shape index (κ2) is 5.65. The van der Waals surface area contributed by atoms with Gasteiger partial charge in [-0.3, -0.25) is 9.59 Å². The van der Waals surface area contributed by atoms with E-state index in [9.17, 15) is 9.59 Å². The maximum atomic E-state index is 10.7. The number of carbonyl (C=O) groups is 2. The van der Waals surface area contributed by atoms with Gasteiger partial charge in [0.05, 0.1) is 0 Å². The van der Waals surface area contributed by atoms with E-state index < -0.39 is 0 Å². The Morgan fingerprint density at radius 1 is 1.25 bits per heavy atom. The van der Waals surface area contributed by atoms with E-state index in [2.05, 4.69) is 10.5 Å². The summed E-state index contributed by atoms with van der Waals surface area (Å²) in [6, 6.07) is 6.64. The molecule has 0 aliphatic heterocycles. The van der Waals surface area contributed by atoms with Gasteiger partial charge >= 0.3 is 0 Å². The van der Waals surface area contributed by atoms with Crippen LogP contribution in [0.25, 0.3) is 0 Å². The van der Waals surface area contributed by atoms with E-state index in [1.165, 1.54) is 13.8 Å². The first-order chi connectivity index (χ1) is 7.58. The van der Waals surface area contributed by atoms with Gasteiger partial charge in [-0.25, -0.2) is 0 Å². The molecule has 0 fully saturated rings. The predicted molar refractivity (Wildman–Crippen MR) is 60.5 cm³/mol. The fourth-order valence-corrected chi connectivity index (χ4v) is 0.964. The van der Waals surface area contributed by atoms with Crippen LogP contribution in [0.15, 0.2) is 29.4 Å². The fraction of sp³-hybridized carbons (Fsp3) is 0.182. The van der Waals surface area contributed by atoms with Crippen molar-refractivity contribution >= 4 is 23.6 Å². The molecule has 0 saturated heterocycles. The average molecular weight is 220 g/mol. The normalized spacial score (nSPS) is 10.1. The minimum Gasteiger partial charge on any atom is -0.357 e. The van der Waals surface area contributed by atoms with Gasteiger partial charge in [0.2, 0.25) is 5.91 Å². The van der Waals surface area contributed by atoms with E-state index in [0.717, 1.165) is 6.21 Å². The topological polar surface area (TPSA) is 67.8 Å². The largest absolute Gasteiger partial charge is 0.357 e. The van der Waals surface area contributed by atoms with Crippen molar-refractivity contribution in [1.82, 2.24) is 0 Å². The zero-order valence-electron chi connectivity index (χ0n) is 9.06. The molecule has 1 aromatic carbocycles. The first-order valence-corrected chi connectivity index (χ1v) is 4.66. The molecular formula is C11H12N2O3. The number of rotatable bonds is 4. The molecule has 0 unspecified atom stereocenters. The number of amides is 1. The highest BCUT2D eigenvalue weighted by Crippen LogP contribution is 2.15. The first kappa shape index (κ1) is 11.9. The summed E-state index contributed by atoms with van der Waals surface area (Å²) in [6.07, 6.45) is 1.09. The zero-order valence-corrected chi connectivity index (χ0v) is 9.06. The van der Waals surface area contributed by atoms with Crippen molar-refractivity contribution in [3.05, 3.63) is 24.3 Å². The smallest absolute Gasteiger partial charge is 0.221 e. The number of hydrogen-bond donors (Lipinski definition) is 1. The molecule has 0 radical (unpaired) electrons. The highest BCUT2D eigenvalue weighted by molar-refractivity contribution is 6.26. The summed E-state index contributed by atoms with van der Waals surface area (Å²) >= 11 is 0. The van der Waals surface area contributed by atoms with E-state index in [-0.39, 0.29) is 11.7 Å². The molecule has 0 aliphatic carbocycles. The molecule has 1 aromatic rings. The Balaban J connectivity index is 2.57. The maximum Gasteiger partial charge on any atom is 0.221 e. The summed E-state index contributed by atoms with van der Waals surface area (Å²) in [5, 5.41) is 6.09. The predicted octanol–water partition coefficient (Wildman–Crippen LogP) is 1.60. The van der Waals surface area contributed by atoms with Gasteiger partial charge in [-0.2, -0.15) is 0 Å². The lowest BCUT2D eigenvalue weighted by atomic mass is 10.3. The van der Waals surface area contributed by atoms with Gasteiger partial charge in [0.15, 0.2) is 11.5 Å². The SMILES string of the molecule is CC(=O)/C=N/Oc1ccc(NC(C)=O)cc1. The summed E-state index contributed by atoms with van der Waals surface area (Å²) in [4.78, 5) is 26.2. The number of anilines is 1. The summed E-state index contributed by atoms with van der Waals surface area (Å²) in [5.41, 5.74) is 0.676. The molecule has 0 aromatic heterocycles. The van der Waals surface area contributed by atoms with Gasteiger partial charge < -0.3 is 10.2 Å². The second-order valence-electron chi connectivity index (χ2n) is 3.14. The van der Waals surface area contributed by atoms with Crippen LogP contribution >= 0.6 is 0 Å². The molecule has 0 aliphatic rings. The minimum atomic E-state index is -0.185. The Labute approximate surface area is 93.1 Å². The summed E-state index contributed by atoms with van der Waals surface area (Å²) in [5.74, 6) is 0.171. The molecule has 1 rings (SSSR count). The summed E-state index contributed by atoms with van der Waals surface area (Å²) in [7, 11) is 0. The molecule has 0 atom stereocenters. The third kappa shape index (κ3) is 4.36. The lowest BCUT2D eigenvalue weighted by molar-refractivity contribution is -0.114. The zero-order chi connectivity index (χ0) is 12.0. The Hall–Kier alpha value is -2.17. The fourth-order valence-electron chi connectivity index (χ4n) is 0.964. The molecule has 5 heteroatoms. The first-order valence-electron chi connectivity index (χ1n) is 4.66. The van der Waals surface area contributed by atoms with E-state index in [4.69, 9.17) is 4.84 Å². The molecule has 0 spiro atoms. The number of nitrogens with one attached hydrogen (secondary N) is 1. The van der Waals surface area contributed by atoms with E-state index in [0.29, 0.717) is 11.4 Å². The van der Waals surface area contributed by atoms with Crippen LogP contribution in [0.1, 0.15) is 13.8 Å². The molecule has 0 saturated carbocycles. The van der Waals surface area contributed by atoms with Crippen molar-refractivity contribution in [2.45, 2.75) is 13.8 Å². The van der Waals surface area contributed by atoms with Crippen molar-refractivity contribution in [3.8, 4) is 5.75 Å². The highest BCUT2D eigenvalue weighted by Gasteiger charge is 1.96. The van der Waals surface area contributed by atoms with E-state index >= 15 is 0 Å². The standard InChI is InChI=1S/C11H12N2O3/c1-8(14)7-12-16-11-5-3-10(4-6-11)13-9(2)15/h3-7H,1-2H3,(H,13,15)/b12-7+. The van der Waals surface area contributed by atoms with E-state index in [1.807, 2.05) is 0 Å². The van der Waals surface area contributed by atoms with Crippen molar-refractivity contribution in [2.75, 3.05) is 5.32 Å². The molecule has 1 amide bonds. The van der Waals surface area contributed by atoms with Gasteiger partial charge in [0, 0.05) is 19.5 Å². The molecule has 84 valence electrons. The Morgan fingerprint density at radius 3 is 2.38 bits per heavy atom. The van der Waals surface area contributed by atoms with Crippen molar-refractivity contribution in [1.29, 1.82) is 0 Å². The number of oxime groups is 1. The van der Waals surface area contributed by atoms with Crippen molar-refractivity contribution in [3.63, 3.8) is 0 Å². The maximum absolute atomic E-state index is 10.7. The second-order valence-corrected chi connectivity index (χ2v) is 3.14. The van der Waals surface area contributed by atoms with Crippen LogP contribution in [0.2, 0.25) is 0 Å². The van der Waals surface area contributed by atoms with Crippen LogP contribution in [0.4, 0.5) is 5.69 Å². The third-order valence-electron chi connectivity index (χ3n) is 1.57. The molecule has 5 nitrogen and oxygen atoms in total. The third-order valence-corrected chi connectivity index (χ3v) is 1.57. The Morgan fingerprint density at radius 2 is 1.88 bits per heavy atom. The minimum absolute atomic E-state index is 0.136. The number of Topliss-reactive ketones (excluding diaryl/α,β-unsaturated/α-hetero) is 1. The molecule has 0 heterocycles. The Kier molecular flexibility index (Phi) is 4.20. The number of ketones is 1. The van der Waals surface area contributed by atoms with Gasteiger partial charge in [-0.15, -0.1) is 0 Å². The van der Waals surface area contributed by atoms with Crippen LogP contribution < -0.4 is 10.2 Å². The van der Waals surface area contributed by atoms with Gasteiger partial charge in [0.25, 0.3) is 0 Å². The lowest BCUT2D eigenvalue weighted by Crippen LogP contribution is -2.05. The number of benzene rings is 1. The number of hydrogen-bond acceptors (Lipinski definition) is 4. The Bertz CT molecular complexity index is 410. The number of nitrogens with zero attached hydrogens (tertiary/aromatic N) is 1. The lowest BCUT2D eigenvalue weighted by Gasteiger charge is -2.02. The van der Waals surface area contributed by atoms with Crippen LogP contribution in [-0.4, -0.2) is 17.9 Å². The molecule has 1 N–H and O–H groups in total. The quantitative estimate of drug-likeness (QED) is 0.619. The van der Waals surface area contributed by atoms with Crippen LogP contribution in [-0.2, 0) is 9.59 Å². The van der Waals surface area contributed by atoms with Crippen molar-refractivity contribution < 1.29 is 14.4 Å². The van der Waals surface area contributed by atoms with Crippen LogP contribution in [0, 0.1) is 0 Å². The molecule has 16 heavy (non-hydrogen) atoms. The van der Waals surface area contributed by atoms with E-state index in [1.54, 1.807) is 24.3 Å². The van der Waals surface area contributed by atoms with Gasteiger partial charge in [-0.1, -0.05) is 5.16 Å². The van der Waals surface area contributed by atoms with Gasteiger partial charge in [0.1, 0.15) is 6.21 Å². The van der Waals surface area contributed by atoms with Crippen molar-refractivity contribution in [2.24, 2.45) is 5.16 Å². The molecule has 0 bridgehead atoms.